The van der Waals surface area contributed by atoms with Gasteiger partial charge in [0.2, 0.25) is 0 Å². The third-order valence-corrected chi connectivity index (χ3v) is 5.27. The molecule has 0 saturated carbocycles. The zero-order chi connectivity index (χ0) is 13.9. The SMILES string of the molecule is O=C(NCCc1ccc(Cl)s1)c1csc2ccccc12. The van der Waals surface area contributed by atoms with E-state index in [4.69, 9.17) is 11.6 Å². The second kappa shape index (κ2) is 5.95. The van der Waals surface area contributed by atoms with Gasteiger partial charge < -0.3 is 5.32 Å². The van der Waals surface area contributed by atoms with Gasteiger partial charge in [-0.3, -0.25) is 4.79 Å². The molecule has 0 atom stereocenters. The van der Waals surface area contributed by atoms with Gasteiger partial charge in [-0.05, 0) is 24.6 Å². The van der Waals surface area contributed by atoms with Crippen molar-refractivity contribution < 1.29 is 4.79 Å². The van der Waals surface area contributed by atoms with Crippen molar-refractivity contribution in [1.82, 2.24) is 5.32 Å². The Morgan fingerprint density at radius 3 is 2.85 bits per heavy atom. The molecule has 102 valence electrons. The van der Waals surface area contributed by atoms with Crippen molar-refractivity contribution in [3.05, 3.63) is 56.6 Å². The minimum atomic E-state index is -0.00916. The summed E-state index contributed by atoms with van der Waals surface area (Å²) in [6.07, 6.45) is 0.811. The quantitative estimate of drug-likeness (QED) is 0.748. The summed E-state index contributed by atoms with van der Waals surface area (Å²) in [4.78, 5) is 13.4. The summed E-state index contributed by atoms with van der Waals surface area (Å²) < 4.78 is 1.93. The van der Waals surface area contributed by atoms with Crippen LogP contribution < -0.4 is 5.32 Å². The third-order valence-electron chi connectivity index (χ3n) is 3.01. The first-order valence-electron chi connectivity index (χ1n) is 6.22. The Morgan fingerprint density at radius 1 is 1.20 bits per heavy atom. The normalized spacial score (nSPS) is 10.8. The number of hydrogen-bond donors (Lipinski definition) is 1. The minimum Gasteiger partial charge on any atom is -0.352 e. The minimum absolute atomic E-state index is 0.00916. The number of rotatable bonds is 4. The highest BCUT2D eigenvalue weighted by Gasteiger charge is 2.11. The number of fused-ring (bicyclic) bond motifs is 1. The molecular weight excluding hydrogens is 310 g/mol. The number of carbonyl (C=O) groups is 1. The van der Waals surface area contributed by atoms with Gasteiger partial charge in [-0.25, -0.2) is 0 Å². The zero-order valence-corrected chi connectivity index (χ0v) is 12.9. The molecule has 0 saturated heterocycles. The number of halogens is 1. The molecular formula is C15H12ClNOS2. The first-order valence-corrected chi connectivity index (χ1v) is 8.30. The van der Waals surface area contributed by atoms with Crippen molar-refractivity contribution in [2.75, 3.05) is 6.54 Å². The Hall–Kier alpha value is -1.36. The molecule has 0 unspecified atom stereocenters. The maximum Gasteiger partial charge on any atom is 0.252 e. The van der Waals surface area contributed by atoms with E-state index in [9.17, 15) is 4.79 Å². The molecule has 1 amide bonds. The van der Waals surface area contributed by atoms with Crippen LogP contribution in [0.3, 0.4) is 0 Å². The molecule has 0 aliphatic carbocycles. The summed E-state index contributed by atoms with van der Waals surface area (Å²) in [7, 11) is 0. The summed E-state index contributed by atoms with van der Waals surface area (Å²) in [5.74, 6) is -0.00916. The molecule has 0 radical (unpaired) electrons. The number of carbonyl (C=O) groups excluding carboxylic acids is 1. The van der Waals surface area contributed by atoms with E-state index in [-0.39, 0.29) is 5.91 Å². The lowest BCUT2D eigenvalue weighted by Crippen LogP contribution is -2.25. The summed E-state index contributed by atoms with van der Waals surface area (Å²) in [6, 6.07) is 11.8. The molecule has 1 aromatic carbocycles. The van der Waals surface area contributed by atoms with Crippen molar-refractivity contribution in [2.24, 2.45) is 0 Å². The highest BCUT2D eigenvalue weighted by molar-refractivity contribution is 7.17. The van der Waals surface area contributed by atoms with Crippen LogP contribution in [-0.2, 0) is 6.42 Å². The zero-order valence-electron chi connectivity index (χ0n) is 10.6. The highest BCUT2D eigenvalue weighted by Crippen LogP contribution is 2.25. The van der Waals surface area contributed by atoms with E-state index < -0.39 is 0 Å². The van der Waals surface area contributed by atoms with E-state index in [1.54, 1.807) is 22.7 Å². The first-order chi connectivity index (χ1) is 9.74. The van der Waals surface area contributed by atoms with E-state index in [0.717, 1.165) is 26.4 Å². The molecule has 2 aromatic heterocycles. The molecule has 0 aliphatic rings. The standard InChI is InChI=1S/C15H12ClNOS2/c16-14-6-5-10(20-14)7-8-17-15(18)12-9-19-13-4-2-1-3-11(12)13/h1-6,9H,7-8H2,(H,17,18). The Kier molecular flexibility index (Phi) is 4.05. The molecule has 0 spiro atoms. The summed E-state index contributed by atoms with van der Waals surface area (Å²) in [6.45, 7) is 0.625. The Bertz CT molecular complexity index is 747. The molecule has 0 bridgehead atoms. The molecule has 3 rings (SSSR count). The average molecular weight is 322 g/mol. The predicted octanol–water partition coefficient (Wildman–Crippen LogP) is 4.59. The number of nitrogens with one attached hydrogen (secondary N) is 1. The van der Waals surface area contributed by atoms with Gasteiger partial charge in [0.1, 0.15) is 0 Å². The molecule has 0 aliphatic heterocycles. The van der Waals surface area contributed by atoms with E-state index in [2.05, 4.69) is 5.32 Å². The third kappa shape index (κ3) is 2.87. The molecule has 3 aromatic rings. The van der Waals surface area contributed by atoms with Crippen LogP contribution in [-0.4, -0.2) is 12.5 Å². The summed E-state index contributed by atoms with van der Waals surface area (Å²) in [5, 5.41) is 5.91. The fourth-order valence-electron chi connectivity index (χ4n) is 2.03. The van der Waals surface area contributed by atoms with Crippen molar-refractivity contribution in [3.63, 3.8) is 0 Å². The fraction of sp³-hybridized carbons (Fsp3) is 0.133. The van der Waals surface area contributed by atoms with Crippen LogP contribution in [0.1, 0.15) is 15.2 Å². The van der Waals surface area contributed by atoms with Gasteiger partial charge in [-0.15, -0.1) is 22.7 Å². The number of amides is 1. The van der Waals surface area contributed by atoms with E-state index >= 15 is 0 Å². The smallest absolute Gasteiger partial charge is 0.252 e. The Morgan fingerprint density at radius 2 is 2.05 bits per heavy atom. The van der Waals surface area contributed by atoms with E-state index in [1.807, 2.05) is 41.8 Å². The Labute approximate surface area is 130 Å². The van der Waals surface area contributed by atoms with Gasteiger partial charge in [-0.2, -0.15) is 0 Å². The van der Waals surface area contributed by atoms with Gasteiger partial charge in [0.25, 0.3) is 5.91 Å². The number of hydrogen-bond acceptors (Lipinski definition) is 3. The monoisotopic (exact) mass is 321 g/mol. The van der Waals surface area contributed by atoms with Crippen LogP contribution in [0.25, 0.3) is 10.1 Å². The fourth-order valence-corrected chi connectivity index (χ4v) is 4.06. The lowest BCUT2D eigenvalue weighted by Gasteiger charge is -2.03. The van der Waals surface area contributed by atoms with Crippen molar-refractivity contribution in [3.8, 4) is 0 Å². The molecule has 1 N–H and O–H groups in total. The molecule has 20 heavy (non-hydrogen) atoms. The second-order valence-electron chi connectivity index (χ2n) is 4.36. The van der Waals surface area contributed by atoms with Crippen molar-refractivity contribution in [1.29, 1.82) is 0 Å². The second-order valence-corrected chi connectivity index (χ2v) is 7.07. The number of benzene rings is 1. The van der Waals surface area contributed by atoms with Gasteiger partial charge in [-0.1, -0.05) is 29.8 Å². The van der Waals surface area contributed by atoms with E-state index in [0.29, 0.717) is 6.54 Å². The summed E-state index contributed by atoms with van der Waals surface area (Å²) in [5.41, 5.74) is 0.759. The lowest BCUT2D eigenvalue weighted by molar-refractivity contribution is 0.0956. The molecule has 0 fully saturated rings. The van der Waals surface area contributed by atoms with Crippen molar-refractivity contribution >= 4 is 50.3 Å². The average Bonchev–Trinajstić information content (AvgIpc) is 3.05. The van der Waals surface area contributed by atoms with E-state index in [1.165, 1.54) is 4.88 Å². The van der Waals surface area contributed by atoms with Gasteiger partial charge in [0.15, 0.2) is 0 Å². The van der Waals surface area contributed by atoms with Gasteiger partial charge in [0, 0.05) is 26.9 Å². The van der Waals surface area contributed by atoms with Gasteiger partial charge in [0.05, 0.1) is 9.90 Å². The van der Waals surface area contributed by atoms with Crippen LogP contribution in [0.15, 0.2) is 41.8 Å². The summed E-state index contributed by atoms with van der Waals surface area (Å²) >= 11 is 9.04. The number of thiophene rings is 2. The first kappa shape index (κ1) is 13.6. The van der Waals surface area contributed by atoms with Crippen LogP contribution in [0.5, 0.6) is 0 Å². The largest absolute Gasteiger partial charge is 0.352 e. The predicted molar refractivity (Wildman–Crippen MR) is 87.2 cm³/mol. The highest BCUT2D eigenvalue weighted by atomic mass is 35.5. The van der Waals surface area contributed by atoms with Crippen molar-refractivity contribution in [2.45, 2.75) is 6.42 Å². The lowest BCUT2D eigenvalue weighted by atomic mass is 10.1. The molecule has 2 heterocycles. The van der Waals surface area contributed by atoms with Crippen LogP contribution in [0, 0.1) is 0 Å². The molecule has 5 heteroatoms. The topological polar surface area (TPSA) is 29.1 Å². The molecule has 2 nitrogen and oxygen atoms in total. The van der Waals surface area contributed by atoms with Crippen LogP contribution in [0.2, 0.25) is 4.34 Å². The van der Waals surface area contributed by atoms with Gasteiger partial charge >= 0.3 is 0 Å². The van der Waals surface area contributed by atoms with Crippen LogP contribution >= 0.6 is 34.3 Å². The maximum atomic E-state index is 12.2. The Balaban J connectivity index is 1.64. The van der Waals surface area contributed by atoms with Crippen LogP contribution in [0.4, 0.5) is 0 Å². The maximum absolute atomic E-state index is 12.2.